The van der Waals surface area contributed by atoms with Crippen LogP contribution in [0.4, 0.5) is 0 Å². The van der Waals surface area contributed by atoms with Crippen LogP contribution in [-0.2, 0) is 4.74 Å². The highest BCUT2D eigenvalue weighted by Gasteiger charge is 2.12. The molecule has 1 aromatic carbocycles. The molecule has 0 atom stereocenters. The number of hydrogen-bond acceptors (Lipinski definition) is 5. The molecule has 0 spiro atoms. The van der Waals surface area contributed by atoms with Crippen LogP contribution in [0.2, 0.25) is 0 Å². The summed E-state index contributed by atoms with van der Waals surface area (Å²) in [6, 6.07) is 5.02. The quantitative estimate of drug-likeness (QED) is 0.734. The summed E-state index contributed by atoms with van der Waals surface area (Å²) in [7, 11) is 0. The maximum Gasteiger partial charge on any atom is 0.341 e. The van der Waals surface area contributed by atoms with Crippen molar-refractivity contribution in [3.8, 4) is 5.95 Å². The number of halogens is 1. The Balaban J connectivity index is 2.05. The number of fused-ring (bicyclic) bond motifs is 1. The van der Waals surface area contributed by atoms with Crippen LogP contribution in [0.1, 0.15) is 22.8 Å². The SMILES string of the molecule is C=C(Cl)c1ccc2nc(-n3cc(C(=O)OCC)cn3)[nH]c(=O)c2c1. The number of hydrogen-bond donors (Lipinski definition) is 1. The van der Waals surface area contributed by atoms with Crippen molar-refractivity contribution in [1.29, 1.82) is 0 Å². The molecule has 2 aromatic heterocycles. The van der Waals surface area contributed by atoms with Crippen molar-refractivity contribution in [3.05, 3.63) is 58.7 Å². The molecule has 0 amide bonds. The fourth-order valence-corrected chi connectivity index (χ4v) is 2.28. The van der Waals surface area contributed by atoms with Crippen LogP contribution in [0, 0.1) is 0 Å². The summed E-state index contributed by atoms with van der Waals surface area (Å²) in [5.41, 5.74) is 1.05. The highest BCUT2D eigenvalue weighted by molar-refractivity contribution is 6.48. The second-order valence-electron chi connectivity index (χ2n) is 4.92. The lowest BCUT2D eigenvalue weighted by Crippen LogP contribution is -2.14. The minimum Gasteiger partial charge on any atom is -0.462 e. The van der Waals surface area contributed by atoms with Gasteiger partial charge in [-0.15, -0.1) is 0 Å². The van der Waals surface area contributed by atoms with Crippen LogP contribution in [0.25, 0.3) is 21.9 Å². The number of H-pyrrole nitrogens is 1. The van der Waals surface area contributed by atoms with Gasteiger partial charge >= 0.3 is 5.97 Å². The Morgan fingerprint density at radius 2 is 2.21 bits per heavy atom. The summed E-state index contributed by atoms with van der Waals surface area (Å²) in [5.74, 6) is -0.294. The number of rotatable bonds is 4. The first kappa shape index (κ1) is 15.9. The first-order valence-corrected chi connectivity index (χ1v) is 7.48. The zero-order chi connectivity index (χ0) is 17.3. The second kappa shape index (κ2) is 6.29. The van der Waals surface area contributed by atoms with Gasteiger partial charge in [0.1, 0.15) is 0 Å². The Labute approximate surface area is 141 Å². The number of carbonyl (C=O) groups is 1. The number of esters is 1. The average molecular weight is 345 g/mol. The lowest BCUT2D eigenvalue weighted by Gasteiger charge is -2.04. The molecule has 0 aliphatic rings. The zero-order valence-corrected chi connectivity index (χ0v) is 13.5. The maximum absolute atomic E-state index is 12.3. The maximum atomic E-state index is 12.3. The predicted molar refractivity (Wildman–Crippen MR) is 90.3 cm³/mol. The number of ether oxygens (including phenoxy) is 1. The smallest absolute Gasteiger partial charge is 0.341 e. The van der Waals surface area contributed by atoms with Crippen molar-refractivity contribution in [2.24, 2.45) is 0 Å². The molecule has 0 bridgehead atoms. The van der Waals surface area contributed by atoms with E-state index in [0.29, 0.717) is 21.5 Å². The van der Waals surface area contributed by atoms with Gasteiger partial charge in [-0.3, -0.25) is 9.78 Å². The van der Waals surface area contributed by atoms with Crippen molar-refractivity contribution < 1.29 is 9.53 Å². The molecule has 122 valence electrons. The van der Waals surface area contributed by atoms with Crippen molar-refractivity contribution in [3.63, 3.8) is 0 Å². The summed E-state index contributed by atoms with van der Waals surface area (Å²) >= 11 is 5.86. The highest BCUT2D eigenvalue weighted by Crippen LogP contribution is 2.20. The van der Waals surface area contributed by atoms with Crippen molar-refractivity contribution >= 4 is 33.5 Å². The Morgan fingerprint density at radius 3 is 2.92 bits per heavy atom. The molecule has 7 nitrogen and oxygen atoms in total. The van der Waals surface area contributed by atoms with Crippen molar-refractivity contribution in [1.82, 2.24) is 19.7 Å². The van der Waals surface area contributed by atoms with E-state index in [9.17, 15) is 9.59 Å². The molecule has 2 heterocycles. The van der Waals surface area contributed by atoms with Gasteiger partial charge in [0.05, 0.1) is 29.3 Å². The van der Waals surface area contributed by atoms with Gasteiger partial charge in [0.15, 0.2) is 0 Å². The molecule has 0 radical (unpaired) electrons. The van der Waals surface area contributed by atoms with E-state index in [0.717, 1.165) is 0 Å². The van der Waals surface area contributed by atoms with E-state index in [1.54, 1.807) is 25.1 Å². The van der Waals surface area contributed by atoms with E-state index in [2.05, 4.69) is 21.6 Å². The normalized spacial score (nSPS) is 10.8. The molecule has 3 rings (SSSR count). The molecule has 1 N–H and O–H groups in total. The number of carbonyl (C=O) groups excluding carboxylic acids is 1. The molecule has 0 unspecified atom stereocenters. The van der Waals surface area contributed by atoms with Crippen LogP contribution in [0.15, 0.2) is 42.0 Å². The van der Waals surface area contributed by atoms with Crippen LogP contribution in [0.3, 0.4) is 0 Å². The number of benzene rings is 1. The fraction of sp³-hybridized carbons (Fsp3) is 0.125. The van der Waals surface area contributed by atoms with E-state index in [-0.39, 0.29) is 23.7 Å². The van der Waals surface area contributed by atoms with E-state index in [1.807, 2.05) is 0 Å². The van der Waals surface area contributed by atoms with Crippen LogP contribution in [-0.4, -0.2) is 32.3 Å². The first-order valence-electron chi connectivity index (χ1n) is 7.10. The molecule has 0 fully saturated rings. The number of nitrogens with one attached hydrogen (secondary N) is 1. The summed E-state index contributed by atoms with van der Waals surface area (Å²) < 4.78 is 6.21. The molecule has 24 heavy (non-hydrogen) atoms. The topological polar surface area (TPSA) is 89.9 Å². The van der Waals surface area contributed by atoms with Gasteiger partial charge in [0.25, 0.3) is 5.56 Å². The van der Waals surface area contributed by atoms with Gasteiger partial charge in [0.2, 0.25) is 5.95 Å². The van der Waals surface area contributed by atoms with E-state index >= 15 is 0 Å². The Hall–Kier alpha value is -2.93. The molecule has 8 heteroatoms. The molecular weight excluding hydrogens is 332 g/mol. The second-order valence-corrected chi connectivity index (χ2v) is 5.38. The van der Waals surface area contributed by atoms with Crippen molar-refractivity contribution in [2.45, 2.75) is 6.92 Å². The lowest BCUT2D eigenvalue weighted by atomic mass is 10.1. The van der Waals surface area contributed by atoms with Crippen LogP contribution < -0.4 is 5.56 Å². The molecule has 0 aliphatic heterocycles. The minimum atomic E-state index is -0.489. The Bertz CT molecular complexity index is 1010. The summed E-state index contributed by atoms with van der Waals surface area (Å²) in [5, 5.41) is 4.76. The number of aromatic amines is 1. The van der Waals surface area contributed by atoms with Gasteiger partial charge in [-0.2, -0.15) is 5.10 Å². The number of aromatic nitrogens is 4. The largest absolute Gasteiger partial charge is 0.462 e. The summed E-state index contributed by atoms with van der Waals surface area (Å²) in [6.07, 6.45) is 2.79. The van der Waals surface area contributed by atoms with Gasteiger partial charge in [-0.25, -0.2) is 14.5 Å². The fourth-order valence-electron chi connectivity index (χ4n) is 2.16. The third kappa shape index (κ3) is 2.93. The third-order valence-electron chi connectivity index (χ3n) is 3.32. The zero-order valence-electron chi connectivity index (χ0n) is 12.7. The standard InChI is InChI=1S/C16H13ClN4O3/c1-3-24-15(23)11-7-18-21(8-11)16-19-13-5-4-10(9(2)17)6-12(13)14(22)20-16/h4-8H,2-3H2,1H3,(H,19,20,22). The van der Waals surface area contributed by atoms with Gasteiger partial charge in [0, 0.05) is 11.2 Å². The first-order chi connectivity index (χ1) is 11.5. The molecular formula is C16H13ClN4O3. The average Bonchev–Trinajstić information content (AvgIpc) is 3.04. The highest BCUT2D eigenvalue weighted by atomic mass is 35.5. The Kier molecular flexibility index (Phi) is 4.18. The monoisotopic (exact) mass is 344 g/mol. The Morgan fingerprint density at radius 1 is 1.42 bits per heavy atom. The van der Waals surface area contributed by atoms with Crippen LogP contribution >= 0.6 is 11.6 Å². The summed E-state index contributed by atoms with van der Waals surface area (Å²) in [4.78, 5) is 30.9. The minimum absolute atomic E-state index is 0.195. The molecule has 3 aromatic rings. The molecule has 0 aliphatic carbocycles. The number of nitrogens with zero attached hydrogens (tertiary/aromatic N) is 3. The molecule has 0 saturated carbocycles. The predicted octanol–water partition coefficient (Wildman–Crippen LogP) is 2.49. The van der Waals surface area contributed by atoms with Gasteiger partial charge in [-0.1, -0.05) is 24.2 Å². The van der Waals surface area contributed by atoms with E-state index in [4.69, 9.17) is 16.3 Å². The van der Waals surface area contributed by atoms with E-state index < -0.39 is 5.97 Å². The van der Waals surface area contributed by atoms with E-state index in [1.165, 1.54) is 17.1 Å². The van der Waals surface area contributed by atoms with Crippen molar-refractivity contribution in [2.75, 3.05) is 6.61 Å². The molecule has 0 saturated heterocycles. The summed E-state index contributed by atoms with van der Waals surface area (Å²) in [6.45, 7) is 5.62. The van der Waals surface area contributed by atoms with Crippen LogP contribution in [0.5, 0.6) is 0 Å². The lowest BCUT2D eigenvalue weighted by molar-refractivity contribution is 0.0526. The van der Waals surface area contributed by atoms with Gasteiger partial charge < -0.3 is 4.74 Å². The van der Waals surface area contributed by atoms with Gasteiger partial charge in [-0.05, 0) is 24.6 Å². The third-order valence-corrected chi connectivity index (χ3v) is 3.54.